The second kappa shape index (κ2) is 7.25. The maximum absolute atomic E-state index is 13.2. The molecule has 0 saturated heterocycles. The molecule has 0 aliphatic heterocycles. The highest BCUT2D eigenvalue weighted by Gasteiger charge is 2.15. The molecule has 0 aliphatic carbocycles. The zero-order valence-electron chi connectivity index (χ0n) is 16.0. The van der Waals surface area contributed by atoms with Crippen LogP contribution >= 0.6 is 0 Å². The van der Waals surface area contributed by atoms with Gasteiger partial charge in [-0.25, -0.2) is 4.98 Å². The molecule has 1 amide bonds. The van der Waals surface area contributed by atoms with Gasteiger partial charge in [-0.15, -0.1) is 5.10 Å². The Hall–Kier alpha value is -4.33. The lowest BCUT2D eigenvalue weighted by atomic mass is 10.1. The summed E-state index contributed by atoms with van der Waals surface area (Å²) in [5.41, 5.74) is 3.21. The minimum absolute atomic E-state index is 0.244. The summed E-state index contributed by atoms with van der Waals surface area (Å²) in [5, 5.41) is 15.3. The van der Waals surface area contributed by atoms with Crippen LogP contribution in [0, 0.1) is 6.92 Å². The molecule has 0 fully saturated rings. The summed E-state index contributed by atoms with van der Waals surface area (Å²) in [6, 6.07) is 20.2. The Morgan fingerprint density at radius 2 is 1.93 bits per heavy atom. The highest BCUT2D eigenvalue weighted by Crippen LogP contribution is 2.26. The van der Waals surface area contributed by atoms with E-state index < -0.39 is 0 Å². The van der Waals surface area contributed by atoms with Crippen LogP contribution in [0.2, 0.25) is 0 Å². The predicted molar refractivity (Wildman–Crippen MR) is 111 cm³/mol. The minimum Gasteiger partial charge on any atom is -0.463 e. The van der Waals surface area contributed by atoms with E-state index in [0.717, 1.165) is 16.6 Å². The Morgan fingerprint density at radius 3 is 2.73 bits per heavy atom. The van der Waals surface area contributed by atoms with Gasteiger partial charge in [0.05, 0.1) is 23.0 Å². The molecule has 8 heteroatoms. The zero-order valence-corrected chi connectivity index (χ0v) is 16.0. The molecule has 0 aliphatic rings. The minimum atomic E-state index is -0.244. The Bertz CT molecular complexity index is 1360. The van der Waals surface area contributed by atoms with Crippen molar-refractivity contribution in [2.24, 2.45) is 0 Å². The van der Waals surface area contributed by atoms with Gasteiger partial charge >= 0.3 is 0 Å². The number of amides is 1. The van der Waals surface area contributed by atoms with E-state index in [1.54, 1.807) is 23.1 Å². The number of carbonyl (C=O) groups excluding carboxylic acids is 1. The Labute approximate surface area is 171 Å². The molecule has 5 aromatic rings. The number of anilines is 1. The van der Waals surface area contributed by atoms with Gasteiger partial charge in [0.2, 0.25) is 0 Å². The standard InChI is InChI=1S/C22H16N6O2/c1-14-25-26-27-28(14)16-7-4-6-15(12-16)23-22(29)18-13-20(21-10-5-11-30-21)24-19-9-3-2-8-17(18)19/h2-13H,1H3,(H,23,29). The molecule has 0 radical (unpaired) electrons. The van der Waals surface area contributed by atoms with Gasteiger partial charge in [0.1, 0.15) is 5.69 Å². The highest BCUT2D eigenvalue weighted by atomic mass is 16.3. The number of nitrogens with one attached hydrogen (secondary N) is 1. The number of rotatable bonds is 4. The summed E-state index contributed by atoms with van der Waals surface area (Å²) in [6.45, 7) is 1.81. The van der Waals surface area contributed by atoms with Gasteiger partial charge in [-0.05, 0) is 59.8 Å². The third kappa shape index (κ3) is 3.20. The summed E-state index contributed by atoms with van der Waals surface area (Å²) >= 11 is 0. The van der Waals surface area contributed by atoms with Crippen LogP contribution in [0.1, 0.15) is 16.2 Å². The fourth-order valence-corrected chi connectivity index (χ4v) is 3.30. The molecule has 0 unspecified atom stereocenters. The highest BCUT2D eigenvalue weighted by molar-refractivity contribution is 6.13. The summed E-state index contributed by atoms with van der Waals surface area (Å²) in [6.07, 6.45) is 1.58. The van der Waals surface area contributed by atoms with Crippen LogP contribution < -0.4 is 5.32 Å². The lowest BCUT2D eigenvalue weighted by Crippen LogP contribution is -2.13. The molecule has 8 nitrogen and oxygen atoms in total. The Balaban J connectivity index is 1.53. The quantitative estimate of drug-likeness (QED) is 0.492. The van der Waals surface area contributed by atoms with Gasteiger partial charge in [0, 0.05) is 11.1 Å². The van der Waals surface area contributed by atoms with Crippen molar-refractivity contribution in [2.45, 2.75) is 6.92 Å². The second-order valence-electron chi connectivity index (χ2n) is 6.69. The first-order valence-electron chi connectivity index (χ1n) is 9.29. The van der Waals surface area contributed by atoms with E-state index in [1.807, 2.05) is 61.5 Å². The van der Waals surface area contributed by atoms with E-state index in [0.29, 0.717) is 28.5 Å². The van der Waals surface area contributed by atoms with Crippen LogP contribution in [-0.2, 0) is 0 Å². The number of para-hydroxylation sites is 1. The molecule has 5 rings (SSSR count). The number of hydrogen-bond acceptors (Lipinski definition) is 6. The Morgan fingerprint density at radius 1 is 1.03 bits per heavy atom. The first kappa shape index (κ1) is 17.7. The third-order valence-corrected chi connectivity index (χ3v) is 4.71. The van der Waals surface area contributed by atoms with E-state index in [4.69, 9.17) is 4.42 Å². The number of hydrogen-bond donors (Lipinski definition) is 1. The Kier molecular flexibility index (Phi) is 4.29. The maximum Gasteiger partial charge on any atom is 0.256 e. The van der Waals surface area contributed by atoms with E-state index in [2.05, 4.69) is 25.8 Å². The number of carbonyl (C=O) groups is 1. The van der Waals surface area contributed by atoms with Gasteiger partial charge in [0.15, 0.2) is 11.6 Å². The molecule has 1 N–H and O–H groups in total. The molecule has 0 saturated carbocycles. The number of benzene rings is 2. The van der Waals surface area contributed by atoms with Crippen molar-refractivity contribution >= 4 is 22.5 Å². The zero-order chi connectivity index (χ0) is 20.5. The topological polar surface area (TPSA) is 98.7 Å². The molecule has 0 atom stereocenters. The predicted octanol–water partition coefficient (Wildman–Crippen LogP) is 4.03. The molecular weight excluding hydrogens is 380 g/mol. The number of aromatic nitrogens is 5. The van der Waals surface area contributed by atoms with Crippen molar-refractivity contribution in [3.63, 3.8) is 0 Å². The molecule has 3 aromatic heterocycles. The van der Waals surface area contributed by atoms with Crippen molar-refractivity contribution < 1.29 is 9.21 Å². The van der Waals surface area contributed by atoms with Crippen LogP contribution in [0.15, 0.2) is 77.4 Å². The van der Waals surface area contributed by atoms with Gasteiger partial charge < -0.3 is 9.73 Å². The first-order chi connectivity index (χ1) is 14.7. The average molecular weight is 396 g/mol. The number of nitrogens with zero attached hydrogens (tertiary/aromatic N) is 5. The lowest BCUT2D eigenvalue weighted by Gasteiger charge is -2.11. The summed E-state index contributed by atoms with van der Waals surface area (Å²) < 4.78 is 7.08. The summed E-state index contributed by atoms with van der Waals surface area (Å²) in [5.74, 6) is 1.01. The number of fused-ring (bicyclic) bond motifs is 1. The van der Waals surface area contributed by atoms with E-state index in [9.17, 15) is 4.79 Å². The number of pyridine rings is 1. The van der Waals surface area contributed by atoms with Crippen LogP contribution in [-0.4, -0.2) is 31.1 Å². The summed E-state index contributed by atoms with van der Waals surface area (Å²) in [7, 11) is 0. The molecule has 0 bridgehead atoms. The van der Waals surface area contributed by atoms with Gasteiger partial charge in [0.25, 0.3) is 5.91 Å². The van der Waals surface area contributed by atoms with Crippen molar-refractivity contribution in [3.8, 4) is 17.1 Å². The fraction of sp³-hybridized carbons (Fsp3) is 0.0455. The molecule has 2 aromatic carbocycles. The van der Waals surface area contributed by atoms with Crippen LogP contribution in [0.25, 0.3) is 28.0 Å². The summed E-state index contributed by atoms with van der Waals surface area (Å²) in [4.78, 5) is 17.8. The molecule has 3 heterocycles. The van der Waals surface area contributed by atoms with E-state index in [1.165, 1.54) is 0 Å². The normalized spacial score (nSPS) is 11.0. The molecular formula is C22H16N6O2. The van der Waals surface area contributed by atoms with E-state index in [-0.39, 0.29) is 5.91 Å². The van der Waals surface area contributed by atoms with Crippen LogP contribution in [0.5, 0.6) is 0 Å². The van der Waals surface area contributed by atoms with Gasteiger partial charge in [-0.1, -0.05) is 24.3 Å². The number of tetrazole rings is 1. The molecule has 30 heavy (non-hydrogen) atoms. The maximum atomic E-state index is 13.2. The van der Waals surface area contributed by atoms with Crippen molar-refractivity contribution in [2.75, 3.05) is 5.32 Å². The lowest BCUT2D eigenvalue weighted by molar-refractivity contribution is 0.102. The number of aryl methyl sites for hydroxylation is 1. The molecule has 0 spiro atoms. The largest absolute Gasteiger partial charge is 0.463 e. The smallest absolute Gasteiger partial charge is 0.256 e. The third-order valence-electron chi connectivity index (χ3n) is 4.71. The van der Waals surface area contributed by atoms with Crippen molar-refractivity contribution in [3.05, 3.63) is 84.4 Å². The van der Waals surface area contributed by atoms with Gasteiger partial charge in [-0.2, -0.15) is 4.68 Å². The monoisotopic (exact) mass is 396 g/mol. The SMILES string of the molecule is Cc1nnnn1-c1cccc(NC(=O)c2cc(-c3ccco3)nc3ccccc23)c1. The van der Waals surface area contributed by atoms with Crippen LogP contribution in [0.4, 0.5) is 5.69 Å². The molecule has 146 valence electrons. The van der Waals surface area contributed by atoms with E-state index >= 15 is 0 Å². The van der Waals surface area contributed by atoms with Gasteiger partial charge in [-0.3, -0.25) is 4.79 Å². The second-order valence-corrected chi connectivity index (χ2v) is 6.69. The number of furan rings is 1. The van der Waals surface area contributed by atoms with Crippen molar-refractivity contribution in [1.82, 2.24) is 25.2 Å². The van der Waals surface area contributed by atoms with Crippen LogP contribution in [0.3, 0.4) is 0 Å². The first-order valence-corrected chi connectivity index (χ1v) is 9.29. The fourth-order valence-electron chi connectivity index (χ4n) is 3.30. The van der Waals surface area contributed by atoms with Crippen molar-refractivity contribution in [1.29, 1.82) is 0 Å². The average Bonchev–Trinajstić information content (AvgIpc) is 3.45.